The van der Waals surface area contributed by atoms with E-state index in [1.807, 2.05) is 0 Å². The van der Waals surface area contributed by atoms with E-state index in [0.717, 1.165) is 25.7 Å². The molecule has 1 aliphatic heterocycles. The molecule has 1 fully saturated rings. The third kappa shape index (κ3) is 10.0. The summed E-state index contributed by atoms with van der Waals surface area (Å²) in [6.07, 6.45) is 15.2. The fourth-order valence-corrected chi connectivity index (χ4v) is 3.26. The van der Waals surface area contributed by atoms with Crippen molar-refractivity contribution in [2.24, 2.45) is 0 Å². The Hall–Kier alpha value is -0.460. The molecule has 0 spiro atoms. The monoisotopic (exact) mass is 372 g/mol. The van der Waals surface area contributed by atoms with E-state index in [1.165, 1.54) is 44.9 Å². The average molecular weight is 373 g/mol. The molecule has 0 aromatic rings. The molecule has 5 heteroatoms. The van der Waals surface area contributed by atoms with E-state index < -0.39 is 31.0 Å². The van der Waals surface area contributed by atoms with Crippen LogP contribution in [0, 0.1) is 0 Å². The number of unbranched alkanes of at least 4 members (excludes halogenated alkanes) is 9. The van der Waals surface area contributed by atoms with Crippen LogP contribution in [0.2, 0.25) is 0 Å². The van der Waals surface area contributed by atoms with Crippen molar-refractivity contribution in [3.05, 3.63) is 12.2 Å². The summed E-state index contributed by atoms with van der Waals surface area (Å²) < 4.78 is 11.0. The van der Waals surface area contributed by atoms with Crippen LogP contribution < -0.4 is 0 Å². The third-order valence-electron chi connectivity index (χ3n) is 4.97. The molecule has 0 aliphatic carbocycles. The summed E-state index contributed by atoms with van der Waals surface area (Å²) in [5.74, 6) is 0. The second-order valence-corrected chi connectivity index (χ2v) is 7.32. The van der Waals surface area contributed by atoms with Gasteiger partial charge in [0.05, 0.1) is 13.2 Å². The van der Waals surface area contributed by atoms with Gasteiger partial charge in [-0.15, -0.1) is 0 Å². The van der Waals surface area contributed by atoms with Crippen LogP contribution in [0.25, 0.3) is 0 Å². The molecule has 0 aromatic carbocycles. The first kappa shape index (κ1) is 23.6. The molecule has 1 saturated heterocycles. The second-order valence-electron chi connectivity index (χ2n) is 7.32. The Bertz CT molecular complexity index is 347. The zero-order chi connectivity index (χ0) is 19.0. The molecule has 1 heterocycles. The van der Waals surface area contributed by atoms with Crippen molar-refractivity contribution in [3.63, 3.8) is 0 Å². The minimum Gasteiger partial charge on any atom is -0.394 e. The molecule has 5 nitrogen and oxygen atoms in total. The van der Waals surface area contributed by atoms with E-state index in [2.05, 4.69) is 19.1 Å². The Morgan fingerprint density at radius 2 is 1.62 bits per heavy atom. The molecule has 0 amide bonds. The molecule has 1 rings (SSSR count). The number of aliphatic hydroxyl groups is 3. The number of rotatable bonds is 16. The van der Waals surface area contributed by atoms with E-state index in [-0.39, 0.29) is 6.61 Å². The van der Waals surface area contributed by atoms with Crippen LogP contribution in [-0.2, 0) is 9.47 Å². The van der Waals surface area contributed by atoms with Gasteiger partial charge in [0.2, 0.25) is 0 Å². The summed E-state index contributed by atoms with van der Waals surface area (Å²) in [5.41, 5.74) is 0. The predicted molar refractivity (Wildman–Crippen MR) is 104 cm³/mol. The van der Waals surface area contributed by atoms with Gasteiger partial charge in [0, 0.05) is 6.61 Å². The van der Waals surface area contributed by atoms with Crippen molar-refractivity contribution in [3.8, 4) is 0 Å². The number of allylic oxidation sites excluding steroid dienone is 2. The normalized spacial score (nSPS) is 24.5. The molecule has 0 aromatic heterocycles. The van der Waals surface area contributed by atoms with Crippen LogP contribution in [0.15, 0.2) is 12.2 Å². The number of hydrogen-bond donors (Lipinski definition) is 3. The Morgan fingerprint density at radius 1 is 1.00 bits per heavy atom. The van der Waals surface area contributed by atoms with E-state index in [9.17, 15) is 10.2 Å². The van der Waals surface area contributed by atoms with Crippen molar-refractivity contribution in [2.45, 2.75) is 102 Å². The molecular formula is C21H40O5. The number of hydrogen-bond acceptors (Lipinski definition) is 5. The molecule has 4 atom stereocenters. The number of ether oxygens (including phenoxy) is 2. The lowest BCUT2D eigenvalue weighted by atomic mass is 10.1. The van der Waals surface area contributed by atoms with Crippen molar-refractivity contribution in [2.75, 3.05) is 19.8 Å². The van der Waals surface area contributed by atoms with Crippen LogP contribution in [0.4, 0.5) is 0 Å². The van der Waals surface area contributed by atoms with Gasteiger partial charge in [-0.1, -0.05) is 57.6 Å². The van der Waals surface area contributed by atoms with Crippen LogP contribution in [0.1, 0.15) is 77.6 Å². The fraction of sp³-hybridized carbons (Fsp3) is 0.905. The summed E-state index contributed by atoms with van der Waals surface area (Å²) >= 11 is 0. The highest BCUT2D eigenvalue weighted by atomic mass is 16.6. The first-order valence-corrected chi connectivity index (χ1v) is 10.6. The topological polar surface area (TPSA) is 79.2 Å². The van der Waals surface area contributed by atoms with Gasteiger partial charge in [0.25, 0.3) is 0 Å². The SMILES string of the molecule is CCCCCCCC/C=C/CCCCCO[C@H]1CO[C@@H]([C@H](O)CO)[C@H]1O. The molecule has 0 saturated carbocycles. The van der Waals surface area contributed by atoms with Crippen molar-refractivity contribution >= 4 is 0 Å². The molecule has 0 unspecified atom stereocenters. The molecule has 26 heavy (non-hydrogen) atoms. The van der Waals surface area contributed by atoms with Crippen LogP contribution in [-0.4, -0.2) is 59.6 Å². The van der Waals surface area contributed by atoms with E-state index >= 15 is 0 Å². The van der Waals surface area contributed by atoms with Gasteiger partial charge in [-0.2, -0.15) is 0 Å². The van der Waals surface area contributed by atoms with Crippen LogP contribution in [0.3, 0.4) is 0 Å². The maximum atomic E-state index is 10.0. The third-order valence-corrected chi connectivity index (χ3v) is 4.97. The highest BCUT2D eigenvalue weighted by molar-refractivity contribution is 4.88. The quantitative estimate of drug-likeness (QED) is 0.286. The number of aliphatic hydroxyl groups excluding tert-OH is 3. The smallest absolute Gasteiger partial charge is 0.114 e. The van der Waals surface area contributed by atoms with Gasteiger partial charge in [0.15, 0.2) is 0 Å². The summed E-state index contributed by atoms with van der Waals surface area (Å²) in [7, 11) is 0. The van der Waals surface area contributed by atoms with Crippen molar-refractivity contribution in [1.82, 2.24) is 0 Å². The van der Waals surface area contributed by atoms with Gasteiger partial charge >= 0.3 is 0 Å². The first-order valence-electron chi connectivity index (χ1n) is 10.6. The van der Waals surface area contributed by atoms with Gasteiger partial charge < -0.3 is 24.8 Å². The summed E-state index contributed by atoms with van der Waals surface area (Å²) in [4.78, 5) is 0. The first-order chi connectivity index (χ1) is 12.7. The van der Waals surface area contributed by atoms with E-state index in [4.69, 9.17) is 14.6 Å². The highest BCUT2D eigenvalue weighted by Crippen LogP contribution is 2.20. The zero-order valence-corrected chi connectivity index (χ0v) is 16.5. The summed E-state index contributed by atoms with van der Waals surface area (Å²) in [6, 6.07) is 0. The van der Waals surface area contributed by atoms with E-state index in [0.29, 0.717) is 6.61 Å². The lowest BCUT2D eigenvalue weighted by Crippen LogP contribution is -2.41. The summed E-state index contributed by atoms with van der Waals surface area (Å²) in [6.45, 7) is 2.70. The molecule has 0 radical (unpaired) electrons. The maximum Gasteiger partial charge on any atom is 0.114 e. The second kappa shape index (κ2) is 15.6. The lowest BCUT2D eigenvalue weighted by molar-refractivity contribution is -0.0730. The van der Waals surface area contributed by atoms with Gasteiger partial charge in [0.1, 0.15) is 24.4 Å². The van der Waals surface area contributed by atoms with Crippen LogP contribution in [0.5, 0.6) is 0 Å². The van der Waals surface area contributed by atoms with Crippen LogP contribution >= 0.6 is 0 Å². The van der Waals surface area contributed by atoms with E-state index in [1.54, 1.807) is 0 Å². The van der Waals surface area contributed by atoms with Gasteiger partial charge in [-0.25, -0.2) is 0 Å². The Kier molecular flexibility index (Phi) is 14.1. The lowest BCUT2D eigenvalue weighted by Gasteiger charge is -2.20. The average Bonchev–Trinajstić information content (AvgIpc) is 3.02. The molecule has 1 aliphatic rings. The summed E-state index contributed by atoms with van der Waals surface area (Å²) in [5, 5.41) is 28.5. The van der Waals surface area contributed by atoms with Crippen molar-refractivity contribution < 1.29 is 24.8 Å². The zero-order valence-electron chi connectivity index (χ0n) is 16.5. The minimum absolute atomic E-state index is 0.268. The van der Waals surface area contributed by atoms with Gasteiger partial charge in [-0.05, 0) is 32.1 Å². The molecular weight excluding hydrogens is 332 g/mol. The van der Waals surface area contributed by atoms with Gasteiger partial charge in [-0.3, -0.25) is 0 Å². The standard InChI is InChI=1S/C21H40O5/c1-2-3-4-5-6-7-8-9-10-11-12-13-14-15-25-19-17-26-21(20(19)24)18(23)16-22/h9-10,18-24H,2-8,11-17H2,1H3/b10-9+/t18-,19+,20+,21+/m1/s1. The Balaban J connectivity index is 1.90. The highest BCUT2D eigenvalue weighted by Gasteiger charge is 2.40. The Labute approximate surface area is 159 Å². The maximum absolute atomic E-state index is 10.0. The predicted octanol–water partition coefficient (Wildman–Crippen LogP) is 3.35. The molecule has 154 valence electrons. The largest absolute Gasteiger partial charge is 0.394 e. The molecule has 3 N–H and O–H groups in total. The Morgan fingerprint density at radius 3 is 2.27 bits per heavy atom. The molecule has 0 bridgehead atoms. The van der Waals surface area contributed by atoms with Crippen molar-refractivity contribution in [1.29, 1.82) is 0 Å². The minimum atomic E-state index is -1.05. The fourth-order valence-electron chi connectivity index (χ4n) is 3.26.